The van der Waals surface area contributed by atoms with Gasteiger partial charge in [-0.05, 0) is 75.5 Å². The van der Waals surface area contributed by atoms with Crippen LogP contribution in [0, 0.1) is 11.8 Å². The molecule has 56 heavy (non-hydrogen) atoms. The molecule has 11 nitrogen and oxygen atoms in total. The molecule has 2 amide bonds. The lowest BCUT2D eigenvalue weighted by molar-refractivity contribution is -0.138. The molecule has 12 heteroatoms. The molecule has 3 saturated carbocycles. The fourth-order valence-corrected chi connectivity index (χ4v) is 10.7. The van der Waals surface area contributed by atoms with Crippen LogP contribution in [0.4, 0.5) is 0 Å². The van der Waals surface area contributed by atoms with E-state index in [0.717, 1.165) is 104 Å². The van der Waals surface area contributed by atoms with Gasteiger partial charge in [0, 0.05) is 35.4 Å². The molecule has 5 aliphatic rings. The second kappa shape index (κ2) is 16.5. The third-order valence-corrected chi connectivity index (χ3v) is 14.6. The smallest absolute Gasteiger partial charge is 0.254 e. The first-order chi connectivity index (χ1) is 27.2. The van der Waals surface area contributed by atoms with Crippen LogP contribution in [0.3, 0.4) is 0 Å². The highest BCUT2D eigenvalue weighted by Gasteiger charge is 2.62. The Hall–Kier alpha value is -4.00. The Bertz CT molecular complexity index is 2030. The lowest BCUT2D eigenvalue weighted by atomic mass is 9.83. The van der Waals surface area contributed by atoms with E-state index in [1.165, 1.54) is 6.42 Å². The number of nitrogens with zero attached hydrogens (tertiary/aromatic N) is 2. The first-order valence-corrected chi connectivity index (χ1v) is 22.5. The van der Waals surface area contributed by atoms with Gasteiger partial charge in [-0.2, -0.15) is 0 Å². The van der Waals surface area contributed by atoms with E-state index in [9.17, 15) is 13.2 Å². The number of nitrogens with one attached hydrogen (secondary N) is 3. The second-order valence-electron chi connectivity index (χ2n) is 16.7. The van der Waals surface area contributed by atoms with Crippen molar-refractivity contribution in [3.63, 3.8) is 0 Å². The SMILES string of the molecule is C=C[C@@H]1C[C@]1(N[C@@H]1C[C@@H]2CN1C(=O)[C@H](C1CCCCC1)NCCCCCCCc1cc3c(cc(-c4ccccc4)nc3cc1OC)O2)C(=O)NS(=O)(=O)C1CC1. The van der Waals surface area contributed by atoms with E-state index in [1.807, 2.05) is 47.4 Å². The van der Waals surface area contributed by atoms with Gasteiger partial charge in [-0.15, -0.1) is 6.58 Å². The fourth-order valence-electron chi connectivity index (χ4n) is 9.32. The van der Waals surface area contributed by atoms with Crippen molar-refractivity contribution in [2.45, 2.75) is 125 Å². The summed E-state index contributed by atoms with van der Waals surface area (Å²) < 4.78 is 41.3. The number of sulfonamides is 1. The maximum Gasteiger partial charge on any atom is 0.254 e. The minimum absolute atomic E-state index is 0.00941. The van der Waals surface area contributed by atoms with Crippen molar-refractivity contribution in [2.24, 2.45) is 11.8 Å². The Morgan fingerprint density at radius 3 is 2.50 bits per heavy atom. The van der Waals surface area contributed by atoms with Crippen LogP contribution in [-0.2, 0) is 26.0 Å². The maximum absolute atomic E-state index is 15.0. The number of carbonyl (C=O) groups excluding carboxylic acids is 2. The number of ether oxygens (including phenoxy) is 2. The summed E-state index contributed by atoms with van der Waals surface area (Å²) in [6.45, 7) is 5.05. The molecule has 4 bridgehead atoms. The Morgan fingerprint density at radius 2 is 1.77 bits per heavy atom. The molecule has 0 unspecified atom stereocenters. The third kappa shape index (κ3) is 8.20. The zero-order chi connectivity index (χ0) is 38.9. The summed E-state index contributed by atoms with van der Waals surface area (Å²) in [6.07, 6.45) is 14.2. The highest BCUT2D eigenvalue weighted by atomic mass is 32.2. The number of benzene rings is 2. The minimum Gasteiger partial charge on any atom is -0.496 e. The predicted octanol–water partition coefficient (Wildman–Crippen LogP) is 6.40. The van der Waals surface area contributed by atoms with Gasteiger partial charge in [0.15, 0.2) is 0 Å². The summed E-state index contributed by atoms with van der Waals surface area (Å²) in [5.74, 6) is 0.863. The number of aromatic nitrogens is 1. The average Bonchev–Trinajstić information content (AvgIpc) is 4.14. The van der Waals surface area contributed by atoms with Crippen LogP contribution < -0.4 is 24.8 Å². The number of fused-ring (bicyclic) bond motifs is 3. The van der Waals surface area contributed by atoms with Crippen molar-refractivity contribution in [2.75, 3.05) is 20.2 Å². The van der Waals surface area contributed by atoms with Crippen LogP contribution in [-0.4, -0.2) is 79.4 Å². The Labute approximate surface area is 331 Å². The number of carbonyl (C=O) groups is 2. The van der Waals surface area contributed by atoms with Gasteiger partial charge >= 0.3 is 0 Å². The Kier molecular flexibility index (Phi) is 11.4. The summed E-state index contributed by atoms with van der Waals surface area (Å²) in [7, 11) is -2.07. The van der Waals surface area contributed by atoms with Gasteiger partial charge in [-0.3, -0.25) is 19.6 Å². The van der Waals surface area contributed by atoms with Gasteiger partial charge in [0.2, 0.25) is 15.9 Å². The molecule has 3 aliphatic carbocycles. The molecule has 4 fully saturated rings. The molecule has 1 saturated heterocycles. The fraction of sp³-hybridized carbons (Fsp3) is 0.568. The zero-order valence-corrected chi connectivity index (χ0v) is 33.5. The van der Waals surface area contributed by atoms with Crippen LogP contribution in [0.2, 0.25) is 0 Å². The Balaban J connectivity index is 1.17. The molecule has 2 aliphatic heterocycles. The Morgan fingerprint density at radius 1 is 1.02 bits per heavy atom. The highest BCUT2D eigenvalue weighted by Crippen LogP contribution is 2.47. The van der Waals surface area contributed by atoms with E-state index in [-0.39, 0.29) is 23.8 Å². The third-order valence-electron chi connectivity index (χ3n) is 12.8. The van der Waals surface area contributed by atoms with Crippen molar-refractivity contribution in [3.05, 3.63) is 66.7 Å². The minimum atomic E-state index is -3.78. The normalized spacial score (nSPS) is 27.9. The highest BCUT2D eigenvalue weighted by molar-refractivity contribution is 7.91. The van der Waals surface area contributed by atoms with Gasteiger partial charge < -0.3 is 19.7 Å². The van der Waals surface area contributed by atoms with Crippen LogP contribution in [0.5, 0.6) is 11.5 Å². The van der Waals surface area contributed by atoms with Crippen molar-refractivity contribution < 1.29 is 27.5 Å². The topological polar surface area (TPSA) is 139 Å². The molecule has 2 aromatic carbocycles. The van der Waals surface area contributed by atoms with Crippen molar-refractivity contribution >= 4 is 32.7 Å². The van der Waals surface area contributed by atoms with E-state index in [0.29, 0.717) is 38.0 Å². The van der Waals surface area contributed by atoms with Crippen LogP contribution in [0.15, 0.2) is 61.2 Å². The summed E-state index contributed by atoms with van der Waals surface area (Å²) in [5, 5.41) is 7.64. The number of aryl methyl sites for hydroxylation is 1. The van der Waals surface area contributed by atoms with Crippen LogP contribution >= 0.6 is 0 Å². The standard InChI is InChI=1S/C44H57N5O6S/c1-3-32-27-44(32,43(51)48-56(52,53)34-20-21-34)47-40-24-33-28-49(40)42(50)41(30-17-12-8-13-18-30)45-22-14-6-4-5-9-19-31-23-35-37(26-38(31)54-2)46-36(25-39(35)55-33)29-15-10-7-11-16-29/h3,7,10-11,15-16,23,25-26,30,32-34,40-41,45,47H,1,4-6,8-9,12-14,17-22,24,27-28H2,2H3,(H,48,51)/t32-,33-,40+,41+,44-/m1/s1. The predicted molar refractivity (Wildman–Crippen MR) is 218 cm³/mol. The molecule has 300 valence electrons. The number of hydrogen-bond acceptors (Lipinski definition) is 9. The summed E-state index contributed by atoms with van der Waals surface area (Å²) in [6, 6.07) is 15.8. The van der Waals surface area contributed by atoms with E-state index in [4.69, 9.17) is 14.5 Å². The first-order valence-electron chi connectivity index (χ1n) is 20.9. The van der Waals surface area contributed by atoms with Crippen molar-refractivity contribution in [1.82, 2.24) is 25.2 Å². The van der Waals surface area contributed by atoms with Gasteiger partial charge in [0.05, 0.1) is 42.3 Å². The van der Waals surface area contributed by atoms with Crippen molar-refractivity contribution in [3.8, 4) is 22.8 Å². The van der Waals surface area contributed by atoms with Gasteiger partial charge in [0.1, 0.15) is 23.1 Å². The molecular formula is C44H57N5O6S. The molecule has 3 N–H and O–H groups in total. The van der Waals surface area contributed by atoms with Crippen LogP contribution in [0.25, 0.3) is 22.2 Å². The average molecular weight is 784 g/mol. The lowest BCUT2D eigenvalue weighted by Gasteiger charge is -2.36. The molecule has 0 radical (unpaired) electrons. The monoisotopic (exact) mass is 783 g/mol. The van der Waals surface area contributed by atoms with Gasteiger partial charge in [-0.1, -0.05) is 74.9 Å². The number of methoxy groups -OCH3 is 1. The maximum atomic E-state index is 15.0. The zero-order valence-electron chi connectivity index (χ0n) is 32.6. The summed E-state index contributed by atoms with van der Waals surface area (Å²) >= 11 is 0. The largest absolute Gasteiger partial charge is 0.496 e. The van der Waals surface area contributed by atoms with Crippen molar-refractivity contribution in [1.29, 1.82) is 0 Å². The molecule has 1 aromatic heterocycles. The molecule has 3 aromatic rings. The molecule has 0 spiro atoms. The van der Waals surface area contributed by atoms with E-state index < -0.39 is 39.0 Å². The second-order valence-corrected chi connectivity index (χ2v) is 18.7. The molecule has 8 rings (SSSR count). The lowest BCUT2D eigenvalue weighted by Crippen LogP contribution is -2.60. The van der Waals surface area contributed by atoms with Gasteiger partial charge in [-0.25, -0.2) is 13.4 Å². The number of hydrogen-bond donors (Lipinski definition) is 3. The quantitative estimate of drug-likeness (QED) is 0.211. The van der Waals surface area contributed by atoms with Crippen LogP contribution in [0.1, 0.15) is 95.5 Å². The first kappa shape index (κ1) is 38.9. The molecule has 3 heterocycles. The summed E-state index contributed by atoms with van der Waals surface area (Å²) in [4.78, 5) is 35.9. The van der Waals surface area contributed by atoms with E-state index in [1.54, 1.807) is 13.2 Å². The number of pyridine rings is 1. The van der Waals surface area contributed by atoms with E-state index >= 15 is 4.79 Å². The number of rotatable bonds is 9. The van der Waals surface area contributed by atoms with E-state index in [2.05, 4.69) is 28.0 Å². The number of amides is 2. The van der Waals surface area contributed by atoms with Gasteiger partial charge in [0.25, 0.3) is 5.91 Å². The molecule has 5 atom stereocenters. The summed E-state index contributed by atoms with van der Waals surface area (Å²) in [5.41, 5.74) is 2.40. The molecular weight excluding hydrogens is 727 g/mol.